The largest absolute Gasteiger partial charge is 0.326 e. The maximum Gasteiger partial charge on any atom is 0.150 e. The molecular weight excluding hydrogens is 234 g/mol. The topological polar surface area (TPSA) is 60.2 Å². The van der Waals surface area contributed by atoms with Crippen LogP contribution < -0.4 is 5.73 Å². The lowest BCUT2D eigenvalue weighted by atomic mass is 9.96. The van der Waals surface area contributed by atoms with Crippen LogP contribution in [0.5, 0.6) is 0 Å². The van der Waals surface area contributed by atoms with Gasteiger partial charge in [-0.1, -0.05) is 31.2 Å². The number of hydrogen-bond acceptors (Lipinski definition) is 3. The Bertz CT molecular complexity index is 504. The molecule has 2 rings (SSSR count). The van der Waals surface area contributed by atoms with Gasteiger partial charge in [0.25, 0.3) is 0 Å². The van der Waals surface area contributed by atoms with Crippen LogP contribution in [-0.4, -0.2) is 19.9 Å². The normalized spacial score (nSPS) is 18.0. The van der Waals surface area contributed by atoms with Gasteiger partial charge in [0, 0.05) is 17.7 Å². The average molecular weight is 253 g/mol. The Hall–Kier alpha value is -0.870. The Morgan fingerprint density at radius 3 is 2.59 bits per heavy atom. The Balaban J connectivity index is 2.27. The number of benzene rings is 1. The fraction of sp³-hybridized carbons (Fsp3) is 0.538. The maximum atomic E-state index is 11.8. The molecule has 1 aromatic rings. The molecule has 0 bridgehead atoms. The molecule has 0 saturated heterocycles. The summed E-state index contributed by atoms with van der Waals surface area (Å²) in [5.74, 6) is 0.510. The Labute approximate surface area is 103 Å². The zero-order valence-electron chi connectivity index (χ0n) is 10.1. The van der Waals surface area contributed by atoms with Crippen LogP contribution in [0.1, 0.15) is 30.9 Å². The molecule has 0 heterocycles. The number of hydrogen-bond donors (Lipinski definition) is 1. The molecule has 0 aromatic heterocycles. The van der Waals surface area contributed by atoms with Crippen molar-refractivity contribution in [3.63, 3.8) is 0 Å². The molecule has 1 aliphatic carbocycles. The van der Waals surface area contributed by atoms with Gasteiger partial charge in [0.15, 0.2) is 9.84 Å². The molecule has 94 valence electrons. The van der Waals surface area contributed by atoms with Crippen molar-refractivity contribution in [2.75, 3.05) is 11.5 Å². The summed E-state index contributed by atoms with van der Waals surface area (Å²) in [6, 6.07) is 8.03. The van der Waals surface area contributed by atoms with Crippen LogP contribution in [0.4, 0.5) is 0 Å². The lowest BCUT2D eigenvalue weighted by molar-refractivity contribution is 0.587. The second kappa shape index (κ2) is 4.42. The molecule has 0 unspecified atom stereocenters. The summed E-state index contributed by atoms with van der Waals surface area (Å²) in [7, 11) is -2.91. The van der Waals surface area contributed by atoms with E-state index >= 15 is 0 Å². The van der Waals surface area contributed by atoms with E-state index < -0.39 is 9.84 Å². The number of nitrogens with two attached hydrogens (primary N) is 1. The van der Waals surface area contributed by atoms with Gasteiger partial charge in [0.05, 0.1) is 5.75 Å². The molecule has 0 radical (unpaired) electrons. The highest BCUT2D eigenvalue weighted by molar-refractivity contribution is 7.91. The van der Waals surface area contributed by atoms with Gasteiger partial charge in [0.1, 0.15) is 0 Å². The van der Waals surface area contributed by atoms with Crippen LogP contribution in [0.15, 0.2) is 24.3 Å². The van der Waals surface area contributed by atoms with Crippen molar-refractivity contribution in [3.8, 4) is 0 Å². The minimum atomic E-state index is -2.91. The molecule has 0 aliphatic heterocycles. The van der Waals surface area contributed by atoms with Gasteiger partial charge in [-0.05, 0) is 24.0 Å². The molecule has 1 fully saturated rings. The molecule has 4 heteroatoms. The first-order valence-electron chi connectivity index (χ1n) is 6.01. The average Bonchev–Trinajstić information content (AvgIpc) is 3.09. The first kappa shape index (κ1) is 12.6. The molecule has 3 nitrogen and oxygen atoms in total. The Morgan fingerprint density at radius 2 is 2.06 bits per heavy atom. The molecule has 17 heavy (non-hydrogen) atoms. The SMILES string of the molecule is CCS(=O)(=O)CC1(c2cccc(CN)c2)CC1. The van der Waals surface area contributed by atoms with Gasteiger partial charge in [-0.2, -0.15) is 0 Å². The third-order valence-electron chi connectivity index (χ3n) is 3.56. The molecule has 1 saturated carbocycles. The molecule has 2 N–H and O–H groups in total. The van der Waals surface area contributed by atoms with Gasteiger partial charge in [0.2, 0.25) is 0 Å². The van der Waals surface area contributed by atoms with Crippen LogP contribution in [0.25, 0.3) is 0 Å². The zero-order valence-corrected chi connectivity index (χ0v) is 11.0. The van der Waals surface area contributed by atoms with Crippen molar-refractivity contribution in [3.05, 3.63) is 35.4 Å². The summed E-state index contributed by atoms with van der Waals surface area (Å²) in [5.41, 5.74) is 7.70. The van der Waals surface area contributed by atoms with Crippen LogP contribution in [0.3, 0.4) is 0 Å². The van der Waals surface area contributed by atoms with Gasteiger partial charge >= 0.3 is 0 Å². The van der Waals surface area contributed by atoms with Crippen LogP contribution in [-0.2, 0) is 21.8 Å². The summed E-state index contributed by atoms with van der Waals surface area (Å²) in [6.45, 7) is 2.21. The molecule has 1 aromatic carbocycles. The summed E-state index contributed by atoms with van der Waals surface area (Å²) < 4.78 is 23.5. The minimum absolute atomic E-state index is 0.125. The zero-order chi connectivity index (χ0) is 12.5. The van der Waals surface area contributed by atoms with E-state index in [-0.39, 0.29) is 16.9 Å². The van der Waals surface area contributed by atoms with E-state index in [9.17, 15) is 8.42 Å². The quantitative estimate of drug-likeness (QED) is 0.867. The number of rotatable bonds is 5. The van der Waals surface area contributed by atoms with Crippen molar-refractivity contribution in [1.29, 1.82) is 0 Å². The number of sulfone groups is 1. The Morgan fingerprint density at radius 1 is 1.35 bits per heavy atom. The molecule has 1 aliphatic rings. The monoisotopic (exact) mass is 253 g/mol. The van der Waals surface area contributed by atoms with Gasteiger partial charge in [-0.15, -0.1) is 0 Å². The first-order valence-corrected chi connectivity index (χ1v) is 7.83. The minimum Gasteiger partial charge on any atom is -0.326 e. The van der Waals surface area contributed by atoms with Crippen LogP contribution >= 0.6 is 0 Å². The van der Waals surface area contributed by atoms with E-state index in [4.69, 9.17) is 5.73 Å². The third kappa shape index (κ3) is 2.69. The summed E-state index contributed by atoms with van der Waals surface area (Å²) >= 11 is 0. The maximum absolute atomic E-state index is 11.8. The van der Waals surface area contributed by atoms with E-state index in [0.717, 1.165) is 24.0 Å². The fourth-order valence-corrected chi connectivity index (χ4v) is 3.72. The lowest BCUT2D eigenvalue weighted by Crippen LogP contribution is -2.22. The van der Waals surface area contributed by atoms with Crippen molar-refractivity contribution in [1.82, 2.24) is 0 Å². The van der Waals surface area contributed by atoms with Crippen LogP contribution in [0.2, 0.25) is 0 Å². The highest BCUT2D eigenvalue weighted by Gasteiger charge is 2.47. The van der Waals surface area contributed by atoms with E-state index in [1.54, 1.807) is 6.92 Å². The highest BCUT2D eigenvalue weighted by Crippen LogP contribution is 2.49. The second-order valence-corrected chi connectivity index (χ2v) is 7.21. The molecule has 0 atom stereocenters. The predicted molar refractivity (Wildman–Crippen MR) is 69.6 cm³/mol. The molecule has 0 amide bonds. The van der Waals surface area contributed by atoms with E-state index in [1.807, 2.05) is 18.2 Å². The van der Waals surface area contributed by atoms with Gasteiger partial charge in [-0.25, -0.2) is 8.42 Å². The fourth-order valence-electron chi connectivity index (χ4n) is 2.22. The van der Waals surface area contributed by atoms with Crippen molar-refractivity contribution in [2.45, 2.75) is 31.7 Å². The summed E-state index contributed by atoms with van der Waals surface area (Å²) in [5, 5.41) is 0. The van der Waals surface area contributed by atoms with Gasteiger partial charge in [-0.3, -0.25) is 0 Å². The second-order valence-electron chi connectivity index (χ2n) is 4.86. The smallest absolute Gasteiger partial charge is 0.150 e. The van der Waals surface area contributed by atoms with E-state index in [0.29, 0.717) is 6.54 Å². The van der Waals surface area contributed by atoms with Crippen molar-refractivity contribution >= 4 is 9.84 Å². The van der Waals surface area contributed by atoms with Crippen molar-refractivity contribution < 1.29 is 8.42 Å². The van der Waals surface area contributed by atoms with E-state index in [2.05, 4.69) is 6.07 Å². The third-order valence-corrected chi connectivity index (χ3v) is 5.44. The highest BCUT2D eigenvalue weighted by atomic mass is 32.2. The summed E-state index contributed by atoms with van der Waals surface area (Å²) in [4.78, 5) is 0. The first-order chi connectivity index (χ1) is 8.01. The van der Waals surface area contributed by atoms with E-state index in [1.165, 1.54) is 0 Å². The molecule has 0 spiro atoms. The predicted octanol–water partition coefficient (Wildman–Crippen LogP) is 1.61. The molecular formula is C13H19NO2S. The van der Waals surface area contributed by atoms with Crippen molar-refractivity contribution in [2.24, 2.45) is 5.73 Å². The van der Waals surface area contributed by atoms with Gasteiger partial charge < -0.3 is 5.73 Å². The lowest BCUT2D eigenvalue weighted by Gasteiger charge is -2.16. The van der Waals surface area contributed by atoms with Crippen LogP contribution in [0, 0.1) is 0 Å². The summed E-state index contributed by atoms with van der Waals surface area (Å²) in [6.07, 6.45) is 1.94. The standard InChI is InChI=1S/C13H19NO2S/c1-2-17(15,16)10-13(6-7-13)12-5-3-4-11(8-12)9-14/h3-5,8H,2,6-7,9-10,14H2,1H3. The Kier molecular flexibility index (Phi) is 3.27.